The minimum atomic E-state index is -4.42. The Kier molecular flexibility index (Phi) is 3.09. The van der Waals surface area contributed by atoms with Crippen LogP contribution in [-0.2, 0) is 12.1 Å². The van der Waals surface area contributed by atoms with Gasteiger partial charge in [-0.05, 0) is 11.6 Å². The first-order valence-electron chi connectivity index (χ1n) is 3.37. The summed E-state index contributed by atoms with van der Waals surface area (Å²) in [7, 11) is 0. The highest BCUT2D eigenvalue weighted by molar-refractivity contribution is 6.33. The van der Waals surface area contributed by atoms with Crippen LogP contribution >= 0.6 is 23.2 Å². The summed E-state index contributed by atoms with van der Waals surface area (Å²) in [6, 6.07) is 3.68. The molecule has 0 unspecified atom stereocenters. The predicted molar refractivity (Wildman–Crippen MR) is 46.0 cm³/mol. The highest BCUT2D eigenvalue weighted by Gasteiger charge is 2.33. The number of halogens is 5. The van der Waals surface area contributed by atoms with Gasteiger partial charge in [-0.15, -0.1) is 11.6 Å². The summed E-state index contributed by atoms with van der Waals surface area (Å²) in [6.45, 7) is 0. The summed E-state index contributed by atoms with van der Waals surface area (Å²) < 4.78 is 36.7. The van der Waals surface area contributed by atoms with Gasteiger partial charge in [0.05, 0.1) is 10.6 Å². The average molecular weight is 229 g/mol. The van der Waals surface area contributed by atoms with E-state index in [1.165, 1.54) is 12.1 Å². The van der Waals surface area contributed by atoms with Gasteiger partial charge in [0, 0.05) is 5.88 Å². The van der Waals surface area contributed by atoms with Crippen LogP contribution in [0, 0.1) is 0 Å². The van der Waals surface area contributed by atoms with Gasteiger partial charge in [0.2, 0.25) is 0 Å². The standard InChI is InChI=1S/C8H5Cl2F3/c9-4-5-2-1-3-6(7(5)10)8(11,12)13/h1-3H,4H2. The lowest BCUT2D eigenvalue weighted by molar-refractivity contribution is -0.137. The van der Waals surface area contributed by atoms with Gasteiger partial charge >= 0.3 is 6.18 Å². The van der Waals surface area contributed by atoms with Crippen LogP contribution in [0.3, 0.4) is 0 Å². The van der Waals surface area contributed by atoms with Crippen LogP contribution in [0.25, 0.3) is 0 Å². The van der Waals surface area contributed by atoms with Gasteiger partial charge in [-0.1, -0.05) is 23.7 Å². The van der Waals surface area contributed by atoms with Crippen LogP contribution in [0.5, 0.6) is 0 Å². The fourth-order valence-electron chi connectivity index (χ4n) is 0.902. The largest absolute Gasteiger partial charge is 0.417 e. The fraction of sp³-hybridized carbons (Fsp3) is 0.250. The molecule has 0 aliphatic carbocycles. The number of rotatable bonds is 1. The molecule has 0 saturated heterocycles. The van der Waals surface area contributed by atoms with Gasteiger partial charge in [-0.2, -0.15) is 13.2 Å². The molecular weight excluding hydrogens is 224 g/mol. The Balaban J connectivity index is 3.24. The van der Waals surface area contributed by atoms with Gasteiger partial charge in [-0.3, -0.25) is 0 Å². The molecule has 1 aromatic rings. The molecule has 1 aromatic carbocycles. The van der Waals surface area contributed by atoms with Crippen molar-refractivity contribution in [2.45, 2.75) is 12.1 Å². The van der Waals surface area contributed by atoms with Crippen molar-refractivity contribution in [1.29, 1.82) is 0 Å². The topological polar surface area (TPSA) is 0 Å². The van der Waals surface area contributed by atoms with Crippen LogP contribution in [0.4, 0.5) is 13.2 Å². The molecule has 0 spiro atoms. The number of benzene rings is 1. The van der Waals surface area contributed by atoms with Crippen molar-refractivity contribution < 1.29 is 13.2 Å². The molecular formula is C8H5Cl2F3. The second-order valence-electron chi connectivity index (χ2n) is 2.41. The third-order valence-corrected chi connectivity index (χ3v) is 2.26. The number of alkyl halides is 4. The van der Waals surface area contributed by atoms with E-state index in [9.17, 15) is 13.2 Å². The van der Waals surface area contributed by atoms with Crippen molar-refractivity contribution in [2.75, 3.05) is 0 Å². The molecule has 0 aliphatic rings. The van der Waals surface area contributed by atoms with Crippen molar-refractivity contribution in [3.8, 4) is 0 Å². The second-order valence-corrected chi connectivity index (χ2v) is 3.06. The third-order valence-electron chi connectivity index (χ3n) is 1.53. The van der Waals surface area contributed by atoms with Crippen molar-refractivity contribution in [1.82, 2.24) is 0 Å². The molecule has 13 heavy (non-hydrogen) atoms. The summed E-state index contributed by atoms with van der Waals surface area (Å²) >= 11 is 10.9. The van der Waals surface area contributed by atoms with E-state index in [-0.39, 0.29) is 16.5 Å². The second kappa shape index (κ2) is 3.76. The molecule has 0 aliphatic heterocycles. The molecule has 72 valence electrons. The molecule has 0 bridgehead atoms. The van der Waals surface area contributed by atoms with Gasteiger partial charge in [0.25, 0.3) is 0 Å². The van der Waals surface area contributed by atoms with Crippen molar-refractivity contribution >= 4 is 23.2 Å². The Morgan fingerprint density at radius 1 is 1.23 bits per heavy atom. The Hall–Kier alpha value is -0.410. The Morgan fingerprint density at radius 3 is 2.31 bits per heavy atom. The molecule has 0 N–H and O–H groups in total. The van der Waals surface area contributed by atoms with E-state index < -0.39 is 11.7 Å². The van der Waals surface area contributed by atoms with E-state index in [0.717, 1.165) is 6.07 Å². The van der Waals surface area contributed by atoms with Crippen LogP contribution in [0.2, 0.25) is 5.02 Å². The zero-order valence-electron chi connectivity index (χ0n) is 6.33. The third kappa shape index (κ3) is 2.29. The van der Waals surface area contributed by atoms with E-state index >= 15 is 0 Å². The molecule has 0 saturated carbocycles. The first-order chi connectivity index (χ1) is 5.96. The molecule has 0 heterocycles. The van der Waals surface area contributed by atoms with Gasteiger partial charge in [-0.25, -0.2) is 0 Å². The molecule has 0 fully saturated rings. The van der Waals surface area contributed by atoms with Crippen molar-refractivity contribution in [3.63, 3.8) is 0 Å². The Morgan fingerprint density at radius 2 is 1.85 bits per heavy atom. The summed E-state index contributed by atoms with van der Waals surface area (Å²) in [5.74, 6) is -0.0250. The van der Waals surface area contributed by atoms with Crippen molar-refractivity contribution in [3.05, 3.63) is 34.3 Å². The van der Waals surface area contributed by atoms with E-state index in [1.807, 2.05) is 0 Å². The maximum Gasteiger partial charge on any atom is 0.417 e. The maximum atomic E-state index is 12.2. The van der Waals surface area contributed by atoms with E-state index in [4.69, 9.17) is 23.2 Å². The molecule has 0 amide bonds. The van der Waals surface area contributed by atoms with Gasteiger partial charge < -0.3 is 0 Å². The normalized spacial score (nSPS) is 11.8. The van der Waals surface area contributed by atoms with Crippen LogP contribution in [0.15, 0.2) is 18.2 Å². The van der Waals surface area contributed by atoms with Crippen LogP contribution in [-0.4, -0.2) is 0 Å². The van der Waals surface area contributed by atoms with Gasteiger partial charge in [0.15, 0.2) is 0 Å². The van der Waals surface area contributed by atoms with E-state index in [2.05, 4.69) is 0 Å². The highest BCUT2D eigenvalue weighted by Crippen LogP contribution is 2.36. The SMILES string of the molecule is FC(F)(F)c1cccc(CCl)c1Cl. The van der Waals surface area contributed by atoms with Crippen LogP contribution < -0.4 is 0 Å². The predicted octanol–water partition coefficient (Wildman–Crippen LogP) is 4.10. The summed E-state index contributed by atoms with van der Waals surface area (Å²) in [5, 5.41) is -0.315. The lowest BCUT2D eigenvalue weighted by Gasteiger charge is -2.10. The molecule has 0 radical (unpaired) electrons. The average Bonchev–Trinajstić information content (AvgIpc) is 2.02. The Labute approximate surface area is 83.3 Å². The van der Waals surface area contributed by atoms with Crippen LogP contribution in [0.1, 0.15) is 11.1 Å². The van der Waals surface area contributed by atoms with Gasteiger partial charge in [0.1, 0.15) is 0 Å². The molecule has 0 aromatic heterocycles. The van der Waals surface area contributed by atoms with E-state index in [1.54, 1.807) is 0 Å². The zero-order valence-corrected chi connectivity index (χ0v) is 7.84. The summed E-state index contributed by atoms with van der Waals surface area (Å²) in [6.07, 6.45) is -4.42. The fourth-order valence-corrected chi connectivity index (χ4v) is 1.49. The monoisotopic (exact) mass is 228 g/mol. The maximum absolute atomic E-state index is 12.2. The lowest BCUT2D eigenvalue weighted by Crippen LogP contribution is -2.06. The quantitative estimate of drug-likeness (QED) is 0.636. The number of hydrogen-bond acceptors (Lipinski definition) is 0. The number of hydrogen-bond donors (Lipinski definition) is 0. The summed E-state index contributed by atoms with van der Waals surface area (Å²) in [4.78, 5) is 0. The Bertz CT molecular complexity index is 307. The molecule has 0 nitrogen and oxygen atoms in total. The first-order valence-corrected chi connectivity index (χ1v) is 4.28. The zero-order chi connectivity index (χ0) is 10.1. The molecule has 5 heteroatoms. The first kappa shape index (κ1) is 10.7. The van der Waals surface area contributed by atoms with E-state index in [0.29, 0.717) is 0 Å². The highest BCUT2D eigenvalue weighted by atomic mass is 35.5. The minimum absolute atomic E-state index is 0.0250. The summed E-state index contributed by atoms with van der Waals surface area (Å²) in [5.41, 5.74) is -0.550. The lowest BCUT2D eigenvalue weighted by atomic mass is 10.1. The van der Waals surface area contributed by atoms with Crippen molar-refractivity contribution in [2.24, 2.45) is 0 Å². The molecule has 0 atom stereocenters. The molecule has 1 rings (SSSR count). The smallest absolute Gasteiger partial charge is 0.166 e. The minimum Gasteiger partial charge on any atom is -0.166 e.